The molecule has 10 heteroatoms. The van der Waals surface area contributed by atoms with E-state index in [1.54, 1.807) is 24.0 Å². The van der Waals surface area contributed by atoms with Crippen LogP contribution < -0.4 is 0 Å². The summed E-state index contributed by atoms with van der Waals surface area (Å²) < 4.78 is 80.9. The average molecular weight is 621 g/mol. The normalized spacial score (nSPS) is 21.5. The van der Waals surface area contributed by atoms with Gasteiger partial charge in [0.05, 0.1) is 28.6 Å². The van der Waals surface area contributed by atoms with Crippen molar-refractivity contribution in [1.82, 2.24) is 9.80 Å². The molecule has 2 aromatic rings. The van der Waals surface area contributed by atoms with Crippen molar-refractivity contribution in [2.24, 2.45) is 11.3 Å². The molecule has 2 amide bonds. The first-order chi connectivity index (χ1) is 20.5. The third-order valence-corrected chi connectivity index (χ3v) is 9.16. The fraction of sp³-hybridized carbons (Fsp3) is 0.471. The van der Waals surface area contributed by atoms with E-state index in [-0.39, 0.29) is 42.5 Å². The van der Waals surface area contributed by atoms with E-state index in [0.29, 0.717) is 25.8 Å². The molecule has 0 spiro atoms. The minimum atomic E-state index is -4.96. The number of fused-ring (bicyclic) bond motifs is 1. The van der Waals surface area contributed by atoms with Gasteiger partial charge in [0.2, 0.25) is 11.8 Å². The molecule has 0 saturated carbocycles. The van der Waals surface area contributed by atoms with Crippen LogP contribution in [-0.4, -0.2) is 40.7 Å². The SMILES string of the molecule is C=CCC1(CC=C)CC2C(c3ccccc3C)N(C(=O)C(C)C[C@H](C)c3cc(C(F)(F)F)cc(C(F)(F)F)c3)CCN2C1=O. The second-order valence-corrected chi connectivity index (χ2v) is 12.2. The number of rotatable bonds is 9. The molecule has 0 N–H and O–H groups in total. The van der Waals surface area contributed by atoms with Crippen LogP contribution in [0.2, 0.25) is 0 Å². The monoisotopic (exact) mass is 620 g/mol. The van der Waals surface area contributed by atoms with Crippen LogP contribution in [0.4, 0.5) is 26.3 Å². The lowest BCUT2D eigenvalue weighted by atomic mass is 9.76. The van der Waals surface area contributed by atoms with Crippen molar-refractivity contribution >= 4 is 11.8 Å². The minimum absolute atomic E-state index is 0.000306. The Balaban J connectivity index is 1.66. The summed E-state index contributed by atoms with van der Waals surface area (Å²) in [5, 5.41) is 0. The molecule has 0 bridgehead atoms. The summed E-state index contributed by atoms with van der Waals surface area (Å²) in [6.07, 6.45) is -5.00. The van der Waals surface area contributed by atoms with Gasteiger partial charge in [-0.3, -0.25) is 9.59 Å². The number of aryl methyl sites for hydroxylation is 1. The van der Waals surface area contributed by atoms with Gasteiger partial charge in [0.25, 0.3) is 0 Å². The number of hydrogen-bond acceptors (Lipinski definition) is 2. The Morgan fingerprint density at radius 1 is 0.977 bits per heavy atom. The van der Waals surface area contributed by atoms with Crippen molar-refractivity contribution in [3.63, 3.8) is 0 Å². The summed E-state index contributed by atoms with van der Waals surface area (Å²) >= 11 is 0. The zero-order valence-electron chi connectivity index (χ0n) is 25.1. The number of amides is 2. The molecule has 4 rings (SSSR count). The van der Waals surface area contributed by atoms with E-state index in [0.717, 1.165) is 23.3 Å². The summed E-state index contributed by atoms with van der Waals surface area (Å²) in [7, 11) is 0. The molecule has 0 radical (unpaired) electrons. The van der Waals surface area contributed by atoms with Gasteiger partial charge in [-0.25, -0.2) is 0 Å². The van der Waals surface area contributed by atoms with Gasteiger partial charge in [-0.2, -0.15) is 26.3 Å². The van der Waals surface area contributed by atoms with Crippen molar-refractivity contribution < 1.29 is 35.9 Å². The molecule has 2 aromatic carbocycles. The predicted molar refractivity (Wildman–Crippen MR) is 156 cm³/mol. The number of carbonyl (C=O) groups is 2. The molecule has 2 fully saturated rings. The molecule has 3 unspecified atom stereocenters. The topological polar surface area (TPSA) is 40.6 Å². The van der Waals surface area contributed by atoms with E-state index in [1.165, 1.54) is 6.92 Å². The zero-order chi connectivity index (χ0) is 32.6. The molecule has 0 aliphatic carbocycles. The Bertz CT molecular complexity index is 1370. The van der Waals surface area contributed by atoms with E-state index >= 15 is 0 Å². The number of halogens is 6. The lowest BCUT2D eigenvalue weighted by molar-refractivity contribution is -0.148. The van der Waals surface area contributed by atoms with E-state index < -0.39 is 46.8 Å². The van der Waals surface area contributed by atoms with Gasteiger partial charge in [0.15, 0.2) is 0 Å². The van der Waals surface area contributed by atoms with Gasteiger partial charge in [-0.05, 0) is 73.4 Å². The summed E-state index contributed by atoms with van der Waals surface area (Å²) in [5.41, 5.74) is -1.76. The highest BCUT2D eigenvalue weighted by molar-refractivity contribution is 5.87. The Hall–Kier alpha value is -3.56. The maximum Gasteiger partial charge on any atom is 0.416 e. The van der Waals surface area contributed by atoms with Gasteiger partial charge in [0.1, 0.15) is 0 Å². The maximum absolute atomic E-state index is 14.1. The molecule has 0 aromatic heterocycles. The van der Waals surface area contributed by atoms with Crippen LogP contribution in [0.1, 0.15) is 79.3 Å². The third-order valence-electron chi connectivity index (χ3n) is 9.16. The van der Waals surface area contributed by atoms with Gasteiger partial charge >= 0.3 is 12.4 Å². The number of nitrogens with zero attached hydrogens (tertiary/aromatic N) is 2. The van der Waals surface area contributed by atoms with E-state index in [9.17, 15) is 35.9 Å². The molecule has 2 aliphatic heterocycles. The van der Waals surface area contributed by atoms with Gasteiger partial charge in [-0.15, -0.1) is 13.2 Å². The van der Waals surface area contributed by atoms with E-state index in [2.05, 4.69) is 13.2 Å². The number of piperazine rings is 1. The van der Waals surface area contributed by atoms with Crippen LogP contribution >= 0.6 is 0 Å². The molecule has 4 nitrogen and oxygen atoms in total. The predicted octanol–water partition coefficient (Wildman–Crippen LogP) is 8.49. The molecular weight excluding hydrogens is 582 g/mol. The standard InChI is InChI=1S/C34H38F6N2O2/c1-6-12-32(13-7-2)20-28-29(27-11-9-8-10-21(27)3)42(15-14-41(28)31(32)44)30(43)23(5)16-22(4)24-17-25(33(35,36)37)19-26(18-24)34(38,39)40/h6-11,17-19,22-23,28-29H,1-2,12-16,20H2,3-5H3/t22-,23?,28?,29?/m0/s1. The number of hydrogen-bond donors (Lipinski definition) is 0. The first kappa shape index (κ1) is 33.3. The highest BCUT2D eigenvalue weighted by atomic mass is 19.4. The van der Waals surface area contributed by atoms with Crippen LogP contribution in [0, 0.1) is 18.3 Å². The molecule has 2 saturated heterocycles. The third kappa shape index (κ3) is 6.44. The molecular formula is C34H38F6N2O2. The second kappa shape index (κ2) is 12.4. The molecule has 2 aliphatic rings. The lowest BCUT2D eigenvalue weighted by Crippen LogP contribution is -2.56. The minimum Gasteiger partial charge on any atom is -0.335 e. The average Bonchev–Trinajstić information content (AvgIpc) is 3.22. The Morgan fingerprint density at radius 2 is 1.55 bits per heavy atom. The van der Waals surface area contributed by atoms with Crippen molar-refractivity contribution in [2.75, 3.05) is 13.1 Å². The maximum atomic E-state index is 14.1. The molecule has 44 heavy (non-hydrogen) atoms. The highest BCUT2D eigenvalue weighted by Crippen LogP contribution is 2.50. The zero-order valence-corrected chi connectivity index (χ0v) is 25.1. The summed E-state index contributed by atoms with van der Waals surface area (Å²) in [6.45, 7) is 13.4. The van der Waals surface area contributed by atoms with Crippen LogP contribution in [0.15, 0.2) is 67.8 Å². The fourth-order valence-electron chi connectivity index (χ4n) is 7.00. The number of benzene rings is 2. The quantitative estimate of drug-likeness (QED) is 0.208. The molecule has 2 heterocycles. The van der Waals surface area contributed by atoms with Crippen LogP contribution in [0.25, 0.3) is 0 Å². The largest absolute Gasteiger partial charge is 0.416 e. The second-order valence-electron chi connectivity index (χ2n) is 12.2. The van der Waals surface area contributed by atoms with Gasteiger partial charge in [0, 0.05) is 19.0 Å². The van der Waals surface area contributed by atoms with Gasteiger partial charge < -0.3 is 9.80 Å². The molecule has 238 valence electrons. The summed E-state index contributed by atoms with van der Waals surface area (Å²) in [6, 6.07) is 8.42. The molecule has 4 atom stereocenters. The van der Waals surface area contributed by atoms with Crippen molar-refractivity contribution in [1.29, 1.82) is 0 Å². The smallest absolute Gasteiger partial charge is 0.335 e. The van der Waals surface area contributed by atoms with Crippen molar-refractivity contribution in [3.8, 4) is 0 Å². The summed E-state index contributed by atoms with van der Waals surface area (Å²) in [5.74, 6) is -1.74. The Labute approximate surface area is 254 Å². The first-order valence-corrected chi connectivity index (χ1v) is 14.7. The lowest BCUT2D eigenvalue weighted by Gasteiger charge is -2.46. The van der Waals surface area contributed by atoms with Crippen LogP contribution in [0.3, 0.4) is 0 Å². The highest BCUT2D eigenvalue weighted by Gasteiger charge is 2.56. The van der Waals surface area contributed by atoms with Crippen molar-refractivity contribution in [3.05, 3.63) is 95.6 Å². The number of alkyl halides is 6. The number of carbonyl (C=O) groups excluding carboxylic acids is 2. The Kier molecular flexibility index (Phi) is 9.43. The van der Waals surface area contributed by atoms with Gasteiger partial charge in [-0.1, -0.05) is 50.3 Å². The summed E-state index contributed by atoms with van der Waals surface area (Å²) in [4.78, 5) is 31.5. The van der Waals surface area contributed by atoms with E-state index in [4.69, 9.17) is 0 Å². The Morgan fingerprint density at radius 3 is 2.07 bits per heavy atom. The first-order valence-electron chi connectivity index (χ1n) is 14.7. The van der Waals surface area contributed by atoms with Crippen LogP contribution in [-0.2, 0) is 21.9 Å². The van der Waals surface area contributed by atoms with Crippen molar-refractivity contribution in [2.45, 2.75) is 76.8 Å². The number of allylic oxidation sites excluding steroid dienone is 2. The van der Waals surface area contributed by atoms with E-state index in [1.807, 2.05) is 36.1 Å². The van der Waals surface area contributed by atoms with Crippen LogP contribution in [0.5, 0.6) is 0 Å². The fourth-order valence-corrected chi connectivity index (χ4v) is 7.00.